The molecular weight excluding hydrogens is 246 g/mol. The van der Waals surface area contributed by atoms with Crippen molar-refractivity contribution in [3.05, 3.63) is 17.5 Å². The number of rotatable bonds is 11. The molecule has 3 heteroatoms. The van der Waals surface area contributed by atoms with Gasteiger partial charge in [-0.05, 0) is 33.4 Å². The van der Waals surface area contributed by atoms with Crippen molar-refractivity contribution in [2.75, 3.05) is 7.05 Å². The summed E-state index contributed by atoms with van der Waals surface area (Å²) in [7, 11) is 2.06. The normalized spacial score (nSPS) is 12.8. The molecule has 0 bridgehead atoms. The molecule has 1 aromatic rings. The molecule has 0 aliphatic rings. The van der Waals surface area contributed by atoms with Gasteiger partial charge in [0.25, 0.3) is 0 Å². The summed E-state index contributed by atoms with van der Waals surface area (Å²) in [6.07, 6.45) is 10.8. The number of aryl methyl sites for hydroxylation is 2. The molecule has 0 radical (unpaired) electrons. The second-order valence-corrected chi connectivity index (χ2v) is 5.78. The summed E-state index contributed by atoms with van der Waals surface area (Å²) in [5, 5.41) is 8.01. The Kier molecular flexibility index (Phi) is 8.59. The van der Waals surface area contributed by atoms with E-state index in [1.165, 1.54) is 57.1 Å². The molecule has 0 aliphatic heterocycles. The molecule has 1 unspecified atom stereocenters. The number of hydrogen-bond acceptors (Lipinski definition) is 2. The molecule has 1 heterocycles. The highest BCUT2D eigenvalue weighted by molar-refractivity contribution is 5.13. The van der Waals surface area contributed by atoms with Crippen LogP contribution in [0, 0.1) is 6.92 Å². The standard InChI is InChI=1S/C17H33N3/c1-5-7-8-9-10-11-12-13-16(18-4)17-14-15(3)19-20(17)6-2/h14,16,18H,5-13H2,1-4H3. The van der Waals surface area contributed by atoms with E-state index < -0.39 is 0 Å². The van der Waals surface area contributed by atoms with E-state index in [-0.39, 0.29) is 0 Å². The van der Waals surface area contributed by atoms with Crippen molar-refractivity contribution in [1.29, 1.82) is 0 Å². The van der Waals surface area contributed by atoms with Crippen LogP contribution >= 0.6 is 0 Å². The second-order valence-electron chi connectivity index (χ2n) is 5.78. The fraction of sp³-hybridized carbons (Fsp3) is 0.824. The Bertz CT molecular complexity index is 357. The van der Waals surface area contributed by atoms with Crippen LogP contribution in [0.3, 0.4) is 0 Å². The summed E-state index contributed by atoms with van der Waals surface area (Å²) in [6.45, 7) is 7.47. The van der Waals surface area contributed by atoms with E-state index in [0.29, 0.717) is 6.04 Å². The molecule has 0 aliphatic carbocycles. The van der Waals surface area contributed by atoms with Crippen LogP contribution in [-0.2, 0) is 6.54 Å². The van der Waals surface area contributed by atoms with Crippen molar-refractivity contribution in [2.45, 2.75) is 84.7 Å². The molecule has 1 atom stereocenters. The maximum Gasteiger partial charge on any atom is 0.0597 e. The number of nitrogens with one attached hydrogen (secondary N) is 1. The highest BCUT2D eigenvalue weighted by atomic mass is 15.3. The lowest BCUT2D eigenvalue weighted by Crippen LogP contribution is -2.20. The zero-order valence-corrected chi connectivity index (χ0v) is 13.9. The Morgan fingerprint density at radius 3 is 2.35 bits per heavy atom. The zero-order chi connectivity index (χ0) is 14.8. The van der Waals surface area contributed by atoms with E-state index in [9.17, 15) is 0 Å². The summed E-state index contributed by atoms with van der Waals surface area (Å²) in [5.41, 5.74) is 2.47. The van der Waals surface area contributed by atoms with Crippen molar-refractivity contribution in [2.24, 2.45) is 0 Å². The molecule has 0 spiro atoms. The van der Waals surface area contributed by atoms with Gasteiger partial charge in [0.2, 0.25) is 0 Å². The van der Waals surface area contributed by atoms with Gasteiger partial charge in [0.15, 0.2) is 0 Å². The second kappa shape index (κ2) is 9.98. The maximum absolute atomic E-state index is 4.55. The Morgan fingerprint density at radius 1 is 1.10 bits per heavy atom. The van der Waals surface area contributed by atoms with Crippen molar-refractivity contribution in [1.82, 2.24) is 15.1 Å². The molecule has 20 heavy (non-hydrogen) atoms. The molecule has 1 aromatic heterocycles. The van der Waals surface area contributed by atoms with E-state index in [0.717, 1.165) is 12.2 Å². The predicted octanol–water partition coefficient (Wildman–Crippen LogP) is 4.61. The smallest absolute Gasteiger partial charge is 0.0597 e. The zero-order valence-electron chi connectivity index (χ0n) is 13.9. The third-order valence-corrected chi connectivity index (χ3v) is 4.03. The largest absolute Gasteiger partial charge is 0.312 e. The molecule has 1 rings (SSSR count). The van der Waals surface area contributed by atoms with Gasteiger partial charge in [0.05, 0.1) is 11.4 Å². The molecule has 116 valence electrons. The predicted molar refractivity (Wildman–Crippen MR) is 87.0 cm³/mol. The summed E-state index contributed by atoms with van der Waals surface area (Å²) in [4.78, 5) is 0. The molecule has 0 saturated carbocycles. The van der Waals surface area contributed by atoms with Crippen LogP contribution in [0.15, 0.2) is 6.07 Å². The molecular formula is C17H33N3. The molecule has 3 nitrogen and oxygen atoms in total. The average Bonchev–Trinajstić information content (AvgIpc) is 2.83. The summed E-state index contributed by atoms with van der Waals surface area (Å²) < 4.78 is 2.14. The molecule has 1 N–H and O–H groups in total. The van der Waals surface area contributed by atoms with Crippen LogP contribution in [0.25, 0.3) is 0 Å². The lowest BCUT2D eigenvalue weighted by molar-refractivity contribution is 0.460. The van der Waals surface area contributed by atoms with Crippen molar-refractivity contribution in [3.8, 4) is 0 Å². The van der Waals surface area contributed by atoms with Crippen LogP contribution in [-0.4, -0.2) is 16.8 Å². The van der Waals surface area contributed by atoms with E-state index in [4.69, 9.17) is 0 Å². The highest BCUT2D eigenvalue weighted by Crippen LogP contribution is 2.21. The van der Waals surface area contributed by atoms with Crippen LogP contribution < -0.4 is 5.32 Å². The van der Waals surface area contributed by atoms with Gasteiger partial charge in [0, 0.05) is 12.6 Å². The summed E-state index contributed by atoms with van der Waals surface area (Å²) in [5.74, 6) is 0. The van der Waals surface area contributed by atoms with Crippen molar-refractivity contribution >= 4 is 0 Å². The van der Waals surface area contributed by atoms with Crippen molar-refractivity contribution in [3.63, 3.8) is 0 Å². The number of aromatic nitrogens is 2. The van der Waals surface area contributed by atoms with Gasteiger partial charge in [-0.2, -0.15) is 5.10 Å². The first-order valence-corrected chi connectivity index (χ1v) is 8.44. The minimum Gasteiger partial charge on any atom is -0.312 e. The van der Waals surface area contributed by atoms with Crippen LogP contribution in [0.5, 0.6) is 0 Å². The molecule has 0 amide bonds. The molecule has 0 aromatic carbocycles. The average molecular weight is 279 g/mol. The molecule has 0 saturated heterocycles. The Labute approximate surface area is 125 Å². The number of nitrogens with zero attached hydrogens (tertiary/aromatic N) is 2. The SMILES string of the molecule is CCCCCCCCCC(NC)c1cc(C)nn1CC. The monoisotopic (exact) mass is 279 g/mol. The van der Waals surface area contributed by atoms with Crippen LogP contribution in [0.4, 0.5) is 0 Å². The van der Waals surface area contributed by atoms with Gasteiger partial charge in [-0.15, -0.1) is 0 Å². The fourth-order valence-electron chi connectivity index (χ4n) is 2.84. The lowest BCUT2D eigenvalue weighted by atomic mass is 10.0. The van der Waals surface area contributed by atoms with E-state index in [2.05, 4.69) is 49.0 Å². The third kappa shape index (κ3) is 5.66. The first-order valence-electron chi connectivity index (χ1n) is 8.44. The van der Waals surface area contributed by atoms with Gasteiger partial charge in [-0.3, -0.25) is 4.68 Å². The van der Waals surface area contributed by atoms with Gasteiger partial charge >= 0.3 is 0 Å². The Hall–Kier alpha value is -0.830. The first kappa shape index (κ1) is 17.2. The maximum atomic E-state index is 4.55. The highest BCUT2D eigenvalue weighted by Gasteiger charge is 2.14. The topological polar surface area (TPSA) is 29.9 Å². The summed E-state index contributed by atoms with van der Waals surface area (Å²) in [6, 6.07) is 2.68. The Balaban J connectivity index is 2.32. The minimum atomic E-state index is 0.451. The van der Waals surface area contributed by atoms with Gasteiger partial charge in [-0.1, -0.05) is 51.9 Å². The molecule has 0 fully saturated rings. The van der Waals surface area contributed by atoms with Crippen molar-refractivity contribution < 1.29 is 0 Å². The van der Waals surface area contributed by atoms with E-state index in [1.807, 2.05) is 0 Å². The van der Waals surface area contributed by atoms with E-state index in [1.54, 1.807) is 0 Å². The van der Waals surface area contributed by atoms with Gasteiger partial charge in [-0.25, -0.2) is 0 Å². The number of hydrogen-bond donors (Lipinski definition) is 1. The van der Waals surface area contributed by atoms with Gasteiger partial charge < -0.3 is 5.32 Å². The van der Waals surface area contributed by atoms with Gasteiger partial charge in [0.1, 0.15) is 0 Å². The Morgan fingerprint density at radius 2 is 1.75 bits per heavy atom. The fourth-order valence-corrected chi connectivity index (χ4v) is 2.84. The first-order chi connectivity index (χ1) is 9.72. The van der Waals surface area contributed by atoms with Crippen LogP contribution in [0.2, 0.25) is 0 Å². The quantitative estimate of drug-likeness (QED) is 0.599. The third-order valence-electron chi connectivity index (χ3n) is 4.03. The number of unbranched alkanes of at least 4 members (excludes halogenated alkanes) is 6. The van der Waals surface area contributed by atoms with Crippen LogP contribution in [0.1, 0.15) is 82.6 Å². The lowest BCUT2D eigenvalue weighted by Gasteiger charge is -2.17. The van der Waals surface area contributed by atoms with E-state index >= 15 is 0 Å². The minimum absolute atomic E-state index is 0.451. The summed E-state index contributed by atoms with van der Waals surface area (Å²) >= 11 is 0.